The van der Waals surface area contributed by atoms with Crippen molar-refractivity contribution in [3.8, 4) is 0 Å². The molecule has 0 aromatic heterocycles. The van der Waals surface area contributed by atoms with Crippen molar-refractivity contribution in [2.45, 2.75) is 12.8 Å². The van der Waals surface area contributed by atoms with Crippen molar-refractivity contribution in [1.82, 2.24) is 5.32 Å². The highest BCUT2D eigenvalue weighted by molar-refractivity contribution is 9.09. The van der Waals surface area contributed by atoms with Gasteiger partial charge >= 0.3 is 0 Å². The number of unbranched alkanes of at least 4 members (excludes halogenated alkanes) is 1. The van der Waals surface area contributed by atoms with Crippen LogP contribution in [0.2, 0.25) is 0 Å². The number of nitro benzene ring substituents is 1. The van der Waals surface area contributed by atoms with Crippen molar-refractivity contribution in [3.05, 3.63) is 39.7 Å². The summed E-state index contributed by atoms with van der Waals surface area (Å²) in [5, 5.41) is 14.1. The Labute approximate surface area is 112 Å². The molecular formula is C11H12BrFN2O3. The lowest BCUT2D eigenvalue weighted by Crippen LogP contribution is -2.25. The van der Waals surface area contributed by atoms with Gasteiger partial charge in [0.15, 0.2) is 0 Å². The summed E-state index contributed by atoms with van der Waals surface area (Å²) >= 11 is 3.25. The van der Waals surface area contributed by atoms with Crippen molar-refractivity contribution in [3.63, 3.8) is 0 Å². The van der Waals surface area contributed by atoms with E-state index in [1.165, 1.54) is 0 Å². The van der Waals surface area contributed by atoms with Crippen LogP contribution < -0.4 is 5.32 Å². The Morgan fingerprint density at radius 2 is 2.17 bits per heavy atom. The van der Waals surface area contributed by atoms with E-state index in [0.717, 1.165) is 36.4 Å². The fourth-order valence-corrected chi connectivity index (χ4v) is 1.76. The van der Waals surface area contributed by atoms with E-state index >= 15 is 0 Å². The molecule has 1 amide bonds. The quantitative estimate of drug-likeness (QED) is 0.379. The summed E-state index contributed by atoms with van der Waals surface area (Å²) in [4.78, 5) is 21.7. The van der Waals surface area contributed by atoms with Crippen LogP contribution in [-0.2, 0) is 0 Å². The Bertz CT molecular complexity index is 454. The zero-order valence-electron chi connectivity index (χ0n) is 9.49. The maximum Gasteiger partial charge on any atom is 0.282 e. The fraction of sp³-hybridized carbons (Fsp3) is 0.364. The van der Waals surface area contributed by atoms with Crippen molar-refractivity contribution in [2.24, 2.45) is 0 Å². The number of hydrogen-bond donors (Lipinski definition) is 1. The van der Waals surface area contributed by atoms with Gasteiger partial charge in [0, 0.05) is 17.9 Å². The summed E-state index contributed by atoms with van der Waals surface area (Å²) in [6.45, 7) is 0.401. The van der Waals surface area contributed by atoms with Crippen molar-refractivity contribution in [1.29, 1.82) is 0 Å². The van der Waals surface area contributed by atoms with Crippen LogP contribution in [0.4, 0.5) is 10.1 Å². The third kappa shape index (κ3) is 4.06. The van der Waals surface area contributed by atoms with Crippen LogP contribution in [0.3, 0.4) is 0 Å². The van der Waals surface area contributed by atoms with Gasteiger partial charge in [-0.15, -0.1) is 0 Å². The molecule has 18 heavy (non-hydrogen) atoms. The smallest absolute Gasteiger partial charge is 0.282 e. The Kier molecular flexibility index (Phi) is 5.70. The summed E-state index contributed by atoms with van der Waals surface area (Å²) in [7, 11) is 0. The summed E-state index contributed by atoms with van der Waals surface area (Å²) in [6.07, 6.45) is 1.63. The predicted molar refractivity (Wildman–Crippen MR) is 68.4 cm³/mol. The molecule has 1 rings (SSSR count). The number of rotatable bonds is 6. The second-order valence-corrected chi connectivity index (χ2v) is 4.36. The predicted octanol–water partition coefficient (Wildman–Crippen LogP) is 2.64. The molecule has 0 bridgehead atoms. The first-order chi connectivity index (χ1) is 8.56. The lowest BCUT2D eigenvalue weighted by molar-refractivity contribution is -0.385. The van der Waals surface area contributed by atoms with Gasteiger partial charge < -0.3 is 5.32 Å². The molecule has 1 aromatic carbocycles. The number of hydrogen-bond acceptors (Lipinski definition) is 3. The van der Waals surface area contributed by atoms with E-state index in [-0.39, 0.29) is 5.56 Å². The molecule has 0 radical (unpaired) electrons. The second-order valence-electron chi connectivity index (χ2n) is 3.57. The van der Waals surface area contributed by atoms with E-state index in [9.17, 15) is 19.3 Å². The first-order valence-electron chi connectivity index (χ1n) is 5.34. The summed E-state index contributed by atoms with van der Waals surface area (Å²) < 4.78 is 13.0. The molecule has 0 saturated heterocycles. The molecule has 0 unspecified atom stereocenters. The van der Waals surface area contributed by atoms with Crippen LogP contribution in [0.1, 0.15) is 23.2 Å². The maximum atomic E-state index is 13.0. The monoisotopic (exact) mass is 318 g/mol. The van der Waals surface area contributed by atoms with Gasteiger partial charge in [0.1, 0.15) is 11.4 Å². The highest BCUT2D eigenvalue weighted by atomic mass is 79.9. The molecule has 1 aromatic rings. The van der Waals surface area contributed by atoms with Crippen molar-refractivity contribution in [2.75, 3.05) is 11.9 Å². The summed E-state index contributed by atoms with van der Waals surface area (Å²) in [6, 6.07) is 2.82. The van der Waals surface area contributed by atoms with Crippen molar-refractivity contribution >= 4 is 27.5 Å². The van der Waals surface area contributed by atoms with Gasteiger partial charge in [0.2, 0.25) is 0 Å². The number of nitro groups is 1. The molecule has 0 fully saturated rings. The van der Waals surface area contributed by atoms with Crippen molar-refractivity contribution < 1.29 is 14.1 Å². The van der Waals surface area contributed by atoms with Gasteiger partial charge in [-0.3, -0.25) is 14.9 Å². The molecule has 98 valence electrons. The van der Waals surface area contributed by atoms with Gasteiger partial charge in [0.25, 0.3) is 11.6 Å². The van der Waals surface area contributed by atoms with Crippen LogP contribution in [0.25, 0.3) is 0 Å². The SMILES string of the molecule is O=C(NCCCCBr)c1cc(F)ccc1[N+](=O)[O-]. The van der Waals surface area contributed by atoms with Gasteiger partial charge in [0.05, 0.1) is 4.92 Å². The highest BCUT2D eigenvalue weighted by Crippen LogP contribution is 2.19. The standard InChI is InChI=1S/C11H12BrFN2O3/c12-5-1-2-6-14-11(16)9-7-8(13)3-4-10(9)15(17)18/h3-4,7H,1-2,5-6H2,(H,14,16). The molecule has 0 atom stereocenters. The van der Waals surface area contributed by atoms with Crippen LogP contribution >= 0.6 is 15.9 Å². The number of nitrogens with one attached hydrogen (secondary N) is 1. The molecule has 0 aliphatic carbocycles. The normalized spacial score (nSPS) is 10.1. The van der Waals surface area contributed by atoms with E-state index in [1.54, 1.807) is 0 Å². The van der Waals surface area contributed by atoms with Crippen LogP contribution in [0, 0.1) is 15.9 Å². The van der Waals surface area contributed by atoms with E-state index in [4.69, 9.17) is 0 Å². The number of amides is 1. The van der Waals surface area contributed by atoms with Gasteiger partial charge in [-0.25, -0.2) is 4.39 Å². The fourth-order valence-electron chi connectivity index (χ4n) is 1.37. The molecule has 5 nitrogen and oxygen atoms in total. The van der Waals surface area contributed by atoms with Crippen LogP contribution in [0.5, 0.6) is 0 Å². The van der Waals surface area contributed by atoms with Gasteiger partial charge in [-0.05, 0) is 25.0 Å². The lowest BCUT2D eigenvalue weighted by Gasteiger charge is -2.05. The number of carbonyl (C=O) groups excluding carboxylic acids is 1. The third-order valence-electron chi connectivity index (χ3n) is 2.25. The van der Waals surface area contributed by atoms with Gasteiger partial charge in [-0.1, -0.05) is 15.9 Å². The molecule has 0 aliphatic heterocycles. The Morgan fingerprint density at radius 3 is 2.78 bits per heavy atom. The minimum atomic E-state index is -0.702. The summed E-state index contributed by atoms with van der Waals surface area (Å²) in [5.74, 6) is -1.30. The average molecular weight is 319 g/mol. The number of benzene rings is 1. The highest BCUT2D eigenvalue weighted by Gasteiger charge is 2.20. The first-order valence-corrected chi connectivity index (χ1v) is 6.46. The molecule has 0 spiro atoms. The zero-order valence-corrected chi connectivity index (χ0v) is 11.1. The summed E-state index contributed by atoms with van der Waals surface area (Å²) in [5.41, 5.74) is -0.645. The molecule has 0 saturated carbocycles. The molecule has 0 aliphatic rings. The number of nitrogens with zero attached hydrogens (tertiary/aromatic N) is 1. The van der Waals surface area contributed by atoms with Gasteiger partial charge in [-0.2, -0.15) is 0 Å². The first kappa shape index (κ1) is 14.6. The van der Waals surface area contributed by atoms with E-state index in [0.29, 0.717) is 6.54 Å². The average Bonchev–Trinajstić information content (AvgIpc) is 2.34. The Balaban J connectivity index is 2.77. The van der Waals surface area contributed by atoms with Crippen LogP contribution in [0.15, 0.2) is 18.2 Å². The minimum Gasteiger partial charge on any atom is -0.352 e. The maximum absolute atomic E-state index is 13.0. The molecular weight excluding hydrogens is 307 g/mol. The minimum absolute atomic E-state index is 0.251. The topological polar surface area (TPSA) is 72.2 Å². The third-order valence-corrected chi connectivity index (χ3v) is 2.81. The van der Waals surface area contributed by atoms with E-state index in [2.05, 4.69) is 21.2 Å². The number of halogens is 2. The Morgan fingerprint density at radius 1 is 1.44 bits per heavy atom. The Hall–Kier alpha value is -1.50. The van der Waals surface area contributed by atoms with E-state index in [1.807, 2.05) is 0 Å². The zero-order chi connectivity index (χ0) is 13.5. The number of alkyl halides is 1. The molecule has 7 heteroatoms. The lowest BCUT2D eigenvalue weighted by atomic mass is 10.1. The molecule has 0 heterocycles. The largest absolute Gasteiger partial charge is 0.352 e. The second kappa shape index (κ2) is 7.05. The van der Waals surface area contributed by atoms with Crippen LogP contribution in [-0.4, -0.2) is 22.7 Å². The number of carbonyl (C=O) groups is 1. The molecule has 1 N–H and O–H groups in total. The van der Waals surface area contributed by atoms with E-state index < -0.39 is 22.3 Å².